The smallest absolute Gasteiger partial charge is 0.331 e. The van der Waals surface area contributed by atoms with Gasteiger partial charge in [0.25, 0.3) is 0 Å². The molecule has 1 atom stereocenters. The number of ether oxygens (including phenoxy) is 2. The molecule has 0 N–H and O–H groups in total. The van der Waals surface area contributed by atoms with E-state index in [1.54, 1.807) is 0 Å². The minimum Gasteiger partial charge on any atom is -0.467 e. The molecule has 0 aliphatic rings. The normalized spacial score (nSPS) is 12.7. The van der Waals surface area contributed by atoms with Crippen molar-refractivity contribution in [3.63, 3.8) is 0 Å². The molecule has 0 aromatic carbocycles. The summed E-state index contributed by atoms with van der Waals surface area (Å²) in [7, 11) is 5.50. The molecule has 0 amide bonds. The van der Waals surface area contributed by atoms with Crippen molar-refractivity contribution in [3.05, 3.63) is 0 Å². The van der Waals surface area contributed by atoms with E-state index in [1.165, 1.54) is 7.11 Å². The van der Waals surface area contributed by atoms with Gasteiger partial charge in [0.2, 0.25) is 0 Å². The number of esters is 1. The van der Waals surface area contributed by atoms with E-state index in [2.05, 4.69) is 40.2 Å². The fourth-order valence-corrected chi connectivity index (χ4v) is 2.01. The van der Waals surface area contributed by atoms with Gasteiger partial charge in [0, 0.05) is 19.6 Å². The van der Waals surface area contributed by atoms with E-state index in [4.69, 9.17) is 4.74 Å². The number of carbonyl (C=O) groups excluding carboxylic acids is 1. The summed E-state index contributed by atoms with van der Waals surface area (Å²) in [6.45, 7) is 9.99. The Balaban J connectivity index is 4.24. The second-order valence-corrected chi connectivity index (χ2v) is 5.31. The van der Waals surface area contributed by atoms with Crippen LogP contribution in [0.3, 0.4) is 0 Å². The van der Waals surface area contributed by atoms with Crippen LogP contribution in [0.25, 0.3) is 0 Å². The highest BCUT2D eigenvalue weighted by atomic mass is 16.6. The first-order valence-electron chi connectivity index (χ1n) is 7.51. The monoisotopic (exact) mass is 301 g/mol. The zero-order valence-corrected chi connectivity index (χ0v) is 14.0. The number of carbonyl (C=O) groups is 1. The maximum absolute atomic E-state index is 11.2. The summed E-state index contributed by atoms with van der Waals surface area (Å²) in [5.74, 6) is -0.336. The number of hydrogen-bond acceptors (Lipinski definition) is 6. The zero-order chi connectivity index (χ0) is 16.1. The van der Waals surface area contributed by atoms with Crippen molar-refractivity contribution in [1.29, 1.82) is 0 Å². The minimum absolute atomic E-state index is 0.00616. The van der Waals surface area contributed by atoms with E-state index in [-0.39, 0.29) is 18.7 Å². The molecular formula is C15H31N3O3. The molecule has 0 saturated carbocycles. The Morgan fingerprint density at radius 2 is 1.95 bits per heavy atom. The molecular weight excluding hydrogens is 270 g/mol. The lowest BCUT2D eigenvalue weighted by atomic mass is 10.2. The van der Waals surface area contributed by atoms with Crippen LogP contribution in [0.5, 0.6) is 0 Å². The average Bonchev–Trinajstić information content (AvgIpc) is 2.47. The third-order valence-corrected chi connectivity index (χ3v) is 3.26. The Hall–Kier alpha value is -0.980. The van der Waals surface area contributed by atoms with E-state index < -0.39 is 0 Å². The van der Waals surface area contributed by atoms with Crippen molar-refractivity contribution < 1.29 is 14.3 Å². The van der Waals surface area contributed by atoms with Gasteiger partial charge in [0.1, 0.15) is 6.61 Å². The van der Waals surface area contributed by atoms with Gasteiger partial charge in [-0.15, -0.1) is 0 Å². The Morgan fingerprint density at radius 3 is 2.52 bits per heavy atom. The van der Waals surface area contributed by atoms with Gasteiger partial charge < -0.3 is 19.3 Å². The lowest BCUT2D eigenvalue weighted by Crippen LogP contribution is -2.36. The number of hydrogen-bond donors (Lipinski definition) is 0. The molecule has 6 heteroatoms. The highest BCUT2D eigenvalue weighted by molar-refractivity contribution is 5.70. The molecule has 0 aliphatic heterocycles. The predicted octanol–water partition coefficient (Wildman–Crippen LogP) is 0.909. The highest BCUT2D eigenvalue weighted by Crippen LogP contribution is 2.04. The predicted molar refractivity (Wildman–Crippen MR) is 86.1 cm³/mol. The lowest BCUT2D eigenvalue weighted by molar-refractivity contribution is -0.148. The molecule has 21 heavy (non-hydrogen) atoms. The van der Waals surface area contributed by atoms with Gasteiger partial charge in [-0.2, -0.15) is 0 Å². The van der Waals surface area contributed by atoms with Crippen molar-refractivity contribution >= 4 is 12.7 Å². The maximum atomic E-state index is 11.2. The van der Waals surface area contributed by atoms with Crippen molar-refractivity contribution in [3.8, 4) is 0 Å². The number of aliphatic imine (C=N–C) groups is 1. The summed E-state index contributed by atoms with van der Waals surface area (Å²) in [6.07, 6.45) is 2.03. The van der Waals surface area contributed by atoms with Gasteiger partial charge in [-0.25, -0.2) is 4.79 Å². The van der Waals surface area contributed by atoms with Crippen LogP contribution in [0, 0.1) is 0 Å². The van der Waals surface area contributed by atoms with E-state index in [0.29, 0.717) is 6.54 Å². The molecule has 1 unspecified atom stereocenters. The van der Waals surface area contributed by atoms with E-state index in [0.717, 1.165) is 39.0 Å². The Morgan fingerprint density at radius 1 is 1.24 bits per heavy atom. The summed E-state index contributed by atoms with van der Waals surface area (Å²) in [5.41, 5.74) is 0. The lowest BCUT2D eigenvalue weighted by Gasteiger charge is -2.25. The Bertz CT molecular complexity index is 287. The quantitative estimate of drug-likeness (QED) is 0.374. The van der Waals surface area contributed by atoms with Gasteiger partial charge in [0.15, 0.2) is 0 Å². The molecule has 6 nitrogen and oxygen atoms in total. The molecule has 0 rings (SSSR count). The van der Waals surface area contributed by atoms with E-state index in [9.17, 15) is 4.79 Å². The SMILES string of the molecule is C=NCCN(C)CC(CCN(C)CCC)OCC(=O)OC. The average molecular weight is 301 g/mol. The second-order valence-electron chi connectivity index (χ2n) is 5.31. The van der Waals surface area contributed by atoms with Crippen LogP contribution in [0.4, 0.5) is 0 Å². The van der Waals surface area contributed by atoms with Gasteiger partial charge in [-0.05, 0) is 40.2 Å². The molecule has 124 valence electrons. The summed E-state index contributed by atoms with van der Waals surface area (Å²) in [4.78, 5) is 19.5. The molecule has 0 spiro atoms. The minimum atomic E-state index is -0.336. The van der Waals surface area contributed by atoms with Gasteiger partial charge in [-0.1, -0.05) is 6.92 Å². The van der Waals surface area contributed by atoms with Gasteiger partial charge >= 0.3 is 5.97 Å². The van der Waals surface area contributed by atoms with Gasteiger partial charge in [0.05, 0.1) is 19.8 Å². The molecule has 0 saturated heterocycles. The fourth-order valence-electron chi connectivity index (χ4n) is 2.01. The fraction of sp³-hybridized carbons (Fsp3) is 0.867. The molecule has 0 aliphatic carbocycles. The number of likely N-dealkylation sites (N-methyl/N-ethyl adjacent to an activating group) is 1. The first kappa shape index (κ1) is 20.0. The molecule has 0 bridgehead atoms. The first-order chi connectivity index (χ1) is 10.0. The van der Waals surface area contributed by atoms with Crippen LogP contribution >= 0.6 is 0 Å². The van der Waals surface area contributed by atoms with E-state index in [1.807, 2.05) is 7.05 Å². The maximum Gasteiger partial charge on any atom is 0.331 e. The van der Waals surface area contributed by atoms with Crippen LogP contribution in [-0.2, 0) is 14.3 Å². The van der Waals surface area contributed by atoms with Crippen molar-refractivity contribution in [2.75, 3.05) is 60.5 Å². The molecule has 0 fully saturated rings. The van der Waals surface area contributed by atoms with Crippen LogP contribution in [0.1, 0.15) is 19.8 Å². The summed E-state index contributed by atoms with van der Waals surface area (Å²) in [5, 5.41) is 0. The van der Waals surface area contributed by atoms with Crippen LogP contribution in [0.15, 0.2) is 4.99 Å². The number of nitrogens with zero attached hydrogens (tertiary/aromatic N) is 3. The topological polar surface area (TPSA) is 54.4 Å². The summed E-state index contributed by atoms with van der Waals surface area (Å²) >= 11 is 0. The zero-order valence-electron chi connectivity index (χ0n) is 14.0. The summed E-state index contributed by atoms with van der Waals surface area (Å²) < 4.78 is 10.3. The van der Waals surface area contributed by atoms with Crippen molar-refractivity contribution in [2.24, 2.45) is 4.99 Å². The third kappa shape index (κ3) is 11.4. The van der Waals surface area contributed by atoms with Crippen LogP contribution in [-0.4, -0.2) is 89.1 Å². The van der Waals surface area contributed by atoms with Gasteiger partial charge in [-0.3, -0.25) is 4.99 Å². The largest absolute Gasteiger partial charge is 0.467 e. The Kier molecular flexibility index (Phi) is 12.1. The molecule has 0 radical (unpaired) electrons. The Labute approximate surface area is 129 Å². The van der Waals surface area contributed by atoms with Crippen LogP contribution in [0.2, 0.25) is 0 Å². The van der Waals surface area contributed by atoms with Crippen molar-refractivity contribution in [2.45, 2.75) is 25.9 Å². The second kappa shape index (κ2) is 12.7. The third-order valence-electron chi connectivity index (χ3n) is 3.26. The first-order valence-corrected chi connectivity index (χ1v) is 7.51. The van der Waals surface area contributed by atoms with Crippen LogP contribution < -0.4 is 0 Å². The highest BCUT2D eigenvalue weighted by Gasteiger charge is 2.15. The van der Waals surface area contributed by atoms with Crippen molar-refractivity contribution in [1.82, 2.24) is 9.80 Å². The molecule has 0 aromatic heterocycles. The van der Waals surface area contributed by atoms with E-state index >= 15 is 0 Å². The summed E-state index contributed by atoms with van der Waals surface area (Å²) in [6, 6.07) is 0. The molecule has 0 heterocycles. The molecule has 0 aromatic rings. The standard InChI is InChI=1S/C15H31N3O3/c1-6-9-17(3)10-7-14(21-13-15(19)20-5)12-18(4)11-8-16-2/h14H,2,6-13H2,1,3-5H3. The number of methoxy groups -OCH3 is 1. The number of rotatable bonds is 13.